The largest absolute Gasteiger partial charge is 0.380 e. The molecule has 0 bridgehead atoms. The van der Waals surface area contributed by atoms with Crippen molar-refractivity contribution in [2.24, 2.45) is 0 Å². The molecule has 0 unspecified atom stereocenters. The standard InChI is InChI=1S/C9H7Cl2FO2/c10-6-1-5(2-7(11)8(6)12)9(13)3-14-4-9/h1-2,13H,3-4H2. The Bertz CT molecular complexity index is 354. The van der Waals surface area contributed by atoms with Crippen LogP contribution >= 0.6 is 23.2 Å². The second-order valence-electron chi connectivity index (χ2n) is 3.28. The highest BCUT2D eigenvalue weighted by atomic mass is 35.5. The van der Waals surface area contributed by atoms with Gasteiger partial charge in [-0.15, -0.1) is 0 Å². The van der Waals surface area contributed by atoms with Crippen molar-refractivity contribution in [2.45, 2.75) is 5.60 Å². The minimum atomic E-state index is -1.07. The summed E-state index contributed by atoms with van der Waals surface area (Å²) in [6, 6.07) is 2.73. The van der Waals surface area contributed by atoms with E-state index < -0.39 is 11.4 Å². The van der Waals surface area contributed by atoms with Crippen molar-refractivity contribution < 1.29 is 14.2 Å². The molecule has 14 heavy (non-hydrogen) atoms. The van der Waals surface area contributed by atoms with Crippen LogP contribution < -0.4 is 0 Å². The van der Waals surface area contributed by atoms with Gasteiger partial charge in [-0.25, -0.2) is 4.39 Å². The molecular formula is C9H7Cl2FO2. The highest BCUT2D eigenvalue weighted by molar-refractivity contribution is 6.35. The summed E-state index contributed by atoms with van der Waals surface area (Å²) in [4.78, 5) is 0. The molecule has 1 aromatic rings. The van der Waals surface area contributed by atoms with Gasteiger partial charge in [-0.3, -0.25) is 0 Å². The van der Waals surface area contributed by atoms with Crippen LogP contribution in [-0.2, 0) is 10.3 Å². The Morgan fingerprint density at radius 2 is 1.79 bits per heavy atom. The highest BCUT2D eigenvalue weighted by Crippen LogP contribution is 2.34. The van der Waals surface area contributed by atoms with E-state index in [0.29, 0.717) is 5.56 Å². The summed E-state index contributed by atoms with van der Waals surface area (Å²) >= 11 is 11.2. The van der Waals surface area contributed by atoms with Crippen molar-refractivity contribution in [1.29, 1.82) is 0 Å². The molecule has 1 heterocycles. The Hall–Kier alpha value is -0.350. The van der Waals surface area contributed by atoms with Gasteiger partial charge in [-0.2, -0.15) is 0 Å². The van der Waals surface area contributed by atoms with Crippen LogP contribution in [0.3, 0.4) is 0 Å². The number of rotatable bonds is 1. The molecule has 0 aliphatic carbocycles. The smallest absolute Gasteiger partial charge is 0.160 e. The van der Waals surface area contributed by atoms with E-state index in [9.17, 15) is 9.50 Å². The van der Waals surface area contributed by atoms with Crippen molar-refractivity contribution in [3.05, 3.63) is 33.6 Å². The lowest BCUT2D eigenvalue weighted by molar-refractivity contribution is -0.184. The topological polar surface area (TPSA) is 29.5 Å². The molecule has 5 heteroatoms. The highest BCUT2D eigenvalue weighted by Gasteiger charge is 2.38. The molecule has 2 rings (SSSR count). The summed E-state index contributed by atoms with van der Waals surface area (Å²) in [5.41, 5.74) is -0.582. The maximum absolute atomic E-state index is 13.0. The van der Waals surface area contributed by atoms with Crippen molar-refractivity contribution in [2.75, 3.05) is 13.2 Å². The van der Waals surface area contributed by atoms with Gasteiger partial charge in [-0.05, 0) is 17.7 Å². The zero-order valence-corrected chi connectivity index (χ0v) is 8.57. The lowest BCUT2D eigenvalue weighted by Gasteiger charge is -2.36. The van der Waals surface area contributed by atoms with Crippen LogP contribution in [0.4, 0.5) is 4.39 Å². The SMILES string of the molecule is OC1(c2cc(Cl)c(F)c(Cl)c2)COC1. The van der Waals surface area contributed by atoms with Crippen molar-refractivity contribution in [1.82, 2.24) is 0 Å². The van der Waals surface area contributed by atoms with Gasteiger partial charge in [0, 0.05) is 0 Å². The first-order valence-corrected chi connectivity index (χ1v) is 4.74. The second kappa shape index (κ2) is 3.35. The Morgan fingerprint density at radius 1 is 1.29 bits per heavy atom. The number of halogens is 3. The Kier molecular flexibility index (Phi) is 2.43. The predicted octanol–water partition coefficient (Wildman–Crippen LogP) is 2.35. The van der Waals surface area contributed by atoms with Crippen LogP contribution in [0, 0.1) is 5.82 Å². The van der Waals surface area contributed by atoms with E-state index in [1.165, 1.54) is 12.1 Å². The third kappa shape index (κ3) is 1.50. The van der Waals surface area contributed by atoms with Crippen LogP contribution in [0.5, 0.6) is 0 Å². The Labute approximate surface area is 90.2 Å². The molecule has 1 aliphatic heterocycles. The predicted molar refractivity (Wildman–Crippen MR) is 51.1 cm³/mol. The minimum absolute atomic E-state index is 0.0900. The quantitative estimate of drug-likeness (QED) is 0.759. The Morgan fingerprint density at radius 3 is 2.14 bits per heavy atom. The maximum atomic E-state index is 13.0. The average molecular weight is 237 g/mol. The fraction of sp³-hybridized carbons (Fsp3) is 0.333. The maximum Gasteiger partial charge on any atom is 0.160 e. The van der Waals surface area contributed by atoms with Crippen LogP contribution in [-0.4, -0.2) is 18.3 Å². The molecule has 1 aromatic carbocycles. The third-order valence-corrected chi connectivity index (χ3v) is 2.75. The van der Waals surface area contributed by atoms with Crippen molar-refractivity contribution >= 4 is 23.2 Å². The molecule has 0 aromatic heterocycles. The summed E-state index contributed by atoms with van der Waals surface area (Å²) in [5.74, 6) is -0.666. The van der Waals surface area contributed by atoms with Gasteiger partial charge < -0.3 is 9.84 Å². The molecule has 1 fully saturated rings. The third-order valence-electron chi connectivity index (χ3n) is 2.20. The molecular weight excluding hydrogens is 230 g/mol. The second-order valence-corrected chi connectivity index (χ2v) is 4.09. The van der Waals surface area contributed by atoms with Gasteiger partial charge in [0.15, 0.2) is 5.82 Å². The molecule has 0 radical (unpaired) electrons. The molecule has 1 aliphatic rings. The average Bonchev–Trinajstić information content (AvgIpc) is 2.09. The first-order chi connectivity index (χ1) is 6.53. The molecule has 2 nitrogen and oxygen atoms in total. The number of hydrogen-bond donors (Lipinski definition) is 1. The van der Waals surface area contributed by atoms with Gasteiger partial charge in [0.25, 0.3) is 0 Å². The van der Waals surface area contributed by atoms with E-state index in [0.717, 1.165) is 0 Å². The van der Waals surface area contributed by atoms with Crippen LogP contribution in [0.2, 0.25) is 10.0 Å². The zero-order chi connectivity index (χ0) is 10.3. The van der Waals surface area contributed by atoms with Gasteiger partial charge >= 0.3 is 0 Å². The Balaban J connectivity index is 2.45. The number of hydrogen-bond acceptors (Lipinski definition) is 2. The molecule has 0 amide bonds. The molecule has 1 N–H and O–H groups in total. The van der Waals surface area contributed by atoms with Crippen LogP contribution in [0.15, 0.2) is 12.1 Å². The number of aliphatic hydroxyl groups is 1. The zero-order valence-electron chi connectivity index (χ0n) is 7.06. The van der Waals surface area contributed by atoms with E-state index in [2.05, 4.69) is 0 Å². The lowest BCUT2D eigenvalue weighted by Crippen LogP contribution is -2.46. The summed E-state index contributed by atoms with van der Waals surface area (Å²) < 4.78 is 17.9. The minimum Gasteiger partial charge on any atom is -0.380 e. The van der Waals surface area contributed by atoms with Gasteiger partial charge in [0.05, 0.1) is 23.3 Å². The monoisotopic (exact) mass is 236 g/mol. The van der Waals surface area contributed by atoms with E-state index in [-0.39, 0.29) is 23.3 Å². The molecule has 0 spiro atoms. The van der Waals surface area contributed by atoms with E-state index in [4.69, 9.17) is 27.9 Å². The lowest BCUT2D eigenvalue weighted by atomic mass is 9.92. The fourth-order valence-electron chi connectivity index (χ4n) is 1.29. The first-order valence-electron chi connectivity index (χ1n) is 3.98. The van der Waals surface area contributed by atoms with Crippen molar-refractivity contribution in [3.8, 4) is 0 Å². The molecule has 1 saturated heterocycles. The summed E-state index contributed by atoms with van der Waals surface area (Å²) in [7, 11) is 0. The first kappa shape index (κ1) is 10.2. The number of benzene rings is 1. The summed E-state index contributed by atoms with van der Waals surface area (Å²) in [5, 5.41) is 9.68. The normalized spacial score (nSPS) is 19.1. The van der Waals surface area contributed by atoms with Crippen molar-refractivity contribution in [3.63, 3.8) is 0 Å². The van der Waals surface area contributed by atoms with E-state index in [1.54, 1.807) is 0 Å². The van der Waals surface area contributed by atoms with Gasteiger partial charge in [-0.1, -0.05) is 23.2 Å². The van der Waals surface area contributed by atoms with Gasteiger partial charge in [0.2, 0.25) is 0 Å². The van der Waals surface area contributed by atoms with E-state index >= 15 is 0 Å². The van der Waals surface area contributed by atoms with Crippen LogP contribution in [0.1, 0.15) is 5.56 Å². The molecule has 0 atom stereocenters. The summed E-state index contributed by atoms with van der Waals surface area (Å²) in [6.45, 7) is 0.372. The fourth-order valence-corrected chi connectivity index (χ4v) is 1.77. The van der Waals surface area contributed by atoms with E-state index in [1.807, 2.05) is 0 Å². The number of ether oxygens (including phenoxy) is 1. The summed E-state index contributed by atoms with van der Waals surface area (Å²) in [6.07, 6.45) is 0. The molecule has 0 saturated carbocycles. The molecule has 76 valence electrons. The van der Waals surface area contributed by atoms with Gasteiger partial charge in [0.1, 0.15) is 5.60 Å². The van der Waals surface area contributed by atoms with Crippen LogP contribution in [0.25, 0.3) is 0 Å².